The van der Waals surface area contributed by atoms with Gasteiger partial charge in [-0.3, -0.25) is 9.67 Å². The fourth-order valence-corrected chi connectivity index (χ4v) is 4.10. The van der Waals surface area contributed by atoms with E-state index in [4.69, 9.17) is 0 Å². The van der Waals surface area contributed by atoms with Gasteiger partial charge in [0.05, 0.1) is 10.5 Å². The molecule has 1 aliphatic heterocycles. The van der Waals surface area contributed by atoms with Gasteiger partial charge >= 0.3 is 6.18 Å². The SMILES string of the molecule is CN=C(NCc1cn(C)nc1C(F)(F)F)N1CCS(=O)(=O)C(C)(C)C1.I. The fraction of sp³-hybridized carbons (Fsp3) is 0.714. The van der Waals surface area contributed by atoms with Gasteiger partial charge in [-0.25, -0.2) is 8.42 Å². The molecule has 1 aromatic rings. The monoisotopic (exact) mass is 509 g/mol. The number of sulfone groups is 1. The molecule has 12 heteroatoms. The highest BCUT2D eigenvalue weighted by Gasteiger charge is 2.41. The molecule has 0 amide bonds. The number of halogens is 4. The number of nitrogens with zero attached hydrogens (tertiary/aromatic N) is 4. The van der Waals surface area contributed by atoms with Crippen molar-refractivity contribution < 1.29 is 21.6 Å². The predicted molar refractivity (Wildman–Crippen MR) is 103 cm³/mol. The van der Waals surface area contributed by atoms with E-state index < -0.39 is 26.5 Å². The number of aromatic nitrogens is 2. The molecule has 0 saturated carbocycles. The Bertz CT molecular complexity index is 774. The first-order chi connectivity index (χ1) is 11.4. The lowest BCUT2D eigenvalue weighted by Crippen LogP contribution is -2.57. The van der Waals surface area contributed by atoms with Crippen LogP contribution in [-0.2, 0) is 29.6 Å². The lowest BCUT2D eigenvalue weighted by molar-refractivity contribution is -0.142. The molecule has 1 aromatic heterocycles. The molecule has 0 bridgehead atoms. The molecular formula is C14H23F3IN5O2S. The summed E-state index contributed by atoms with van der Waals surface area (Å²) in [6, 6.07) is 0. The van der Waals surface area contributed by atoms with Crippen LogP contribution in [0.3, 0.4) is 0 Å². The Morgan fingerprint density at radius 3 is 2.54 bits per heavy atom. The van der Waals surface area contributed by atoms with Crippen LogP contribution >= 0.6 is 24.0 Å². The molecule has 0 radical (unpaired) electrons. The molecule has 1 fully saturated rings. The summed E-state index contributed by atoms with van der Waals surface area (Å²) in [6.45, 7) is 3.60. The molecule has 0 atom stereocenters. The van der Waals surface area contributed by atoms with Gasteiger partial charge in [0.25, 0.3) is 0 Å². The standard InChI is InChI=1S/C14H22F3N5O2S.HI/c1-13(2)9-22(5-6-25(13,23)24)12(18-3)19-7-10-8-21(4)20-11(10)14(15,16)17;/h8H,5-7,9H2,1-4H3,(H,18,19);1H. The molecule has 150 valence electrons. The Kier molecular flexibility index (Phi) is 6.99. The number of aliphatic imine (C=N–C) groups is 1. The van der Waals surface area contributed by atoms with Crippen LogP contribution in [0.2, 0.25) is 0 Å². The van der Waals surface area contributed by atoms with Crippen molar-refractivity contribution in [2.75, 3.05) is 25.9 Å². The molecule has 0 unspecified atom stereocenters. The van der Waals surface area contributed by atoms with Crippen molar-refractivity contribution in [3.8, 4) is 0 Å². The van der Waals surface area contributed by atoms with Crippen LogP contribution < -0.4 is 5.32 Å². The van der Waals surface area contributed by atoms with E-state index in [2.05, 4.69) is 15.4 Å². The zero-order valence-corrected chi connectivity index (χ0v) is 18.1. The van der Waals surface area contributed by atoms with Crippen molar-refractivity contribution in [3.63, 3.8) is 0 Å². The Balaban J connectivity index is 0.00000338. The molecule has 7 nitrogen and oxygen atoms in total. The van der Waals surface area contributed by atoms with Crippen LogP contribution in [0.15, 0.2) is 11.2 Å². The van der Waals surface area contributed by atoms with Crippen molar-refractivity contribution >= 4 is 39.8 Å². The van der Waals surface area contributed by atoms with Crippen molar-refractivity contribution in [1.29, 1.82) is 0 Å². The van der Waals surface area contributed by atoms with Gasteiger partial charge in [0.15, 0.2) is 21.5 Å². The van der Waals surface area contributed by atoms with Crippen LogP contribution in [0.5, 0.6) is 0 Å². The maximum atomic E-state index is 13.0. The van der Waals surface area contributed by atoms with Gasteiger partial charge < -0.3 is 10.2 Å². The number of rotatable bonds is 2. The average molecular weight is 509 g/mol. The third-order valence-corrected chi connectivity index (χ3v) is 6.70. The maximum Gasteiger partial charge on any atom is 0.435 e. The van der Waals surface area contributed by atoms with Gasteiger partial charge in [0, 0.05) is 45.5 Å². The van der Waals surface area contributed by atoms with Crippen LogP contribution in [0, 0.1) is 0 Å². The third-order valence-electron chi connectivity index (χ3n) is 4.16. The first-order valence-corrected chi connectivity index (χ1v) is 9.30. The minimum Gasteiger partial charge on any atom is -0.352 e. The summed E-state index contributed by atoms with van der Waals surface area (Å²) in [6.07, 6.45) is -3.24. The van der Waals surface area contributed by atoms with E-state index in [9.17, 15) is 21.6 Å². The summed E-state index contributed by atoms with van der Waals surface area (Å²) >= 11 is 0. The first-order valence-electron chi connectivity index (χ1n) is 7.65. The zero-order valence-electron chi connectivity index (χ0n) is 15.0. The Labute approximate surface area is 168 Å². The number of hydrogen-bond acceptors (Lipinski definition) is 4. The van der Waals surface area contributed by atoms with E-state index in [1.807, 2.05) is 0 Å². The normalized spacial score (nSPS) is 19.8. The van der Waals surface area contributed by atoms with Gasteiger partial charge in [0.1, 0.15) is 0 Å². The molecule has 2 rings (SSSR count). The number of alkyl halides is 3. The lowest BCUT2D eigenvalue weighted by Gasteiger charge is -2.39. The summed E-state index contributed by atoms with van der Waals surface area (Å²) in [5.74, 6) is 0.335. The van der Waals surface area contributed by atoms with E-state index >= 15 is 0 Å². The van der Waals surface area contributed by atoms with E-state index in [0.717, 1.165) is 4.68 Å². The quantitative estimate of drug-likeness (QED) is 0.373. The minimum atomic E-state index is -4.54. The highest BCUT2D eigenvalue weighted by Crippen LogP contribution is 2.30. The third kappa shape index (κ3) is 4.81. The molecule has 1 aliphatic rings. The zero-order chi connectivity index (χ0) is 19.0. The topological polar surface area (TPSA) is 79.6 Å². The summed E-state index contributed by atoms with van der Waals surface area (Å²) in [5, 5.41) is 6.33. The molecule has 0 aliphatic carbocycles. The second kappa shape index (κ2) is 7.90. The molecule has 0 spiro atoms. The number of nitrogens with one attached hydrogen (secondary N) is 1. The maximum absolute atomic E-state index is 13.0. The van der Waals surface area contributed by atoms with Crippen LogP contribution in [0.1, 0.15) is 25.1 Å². The first kappa shape index (κ1) is 23.0. The van der Waals surface area contributed by atoms with Gasteiger partial charge in [-0.15, -0.1) is 24.0 Å². The van der Waals surface area contributed by atoms with Crippen molar-refractivity contribution in [1.82, 2.24) is 20.0 Å². The van der Waals surface area contributed by atoms with Crippen molar-refractivity contribution in [3.05, 3.63) is 17.5 Å². The molecule has 2 heterocycles. The molecule has 1 N–H and O–H groups in total. The van der Waals surface area contributed by atoms with Gasteiger partial charge in [-0.1, -0.05) is 0 Å². The van der Waals surface area contributed by atoms with Crippen LogP contribution in [0.4, 0.5) is 13.2 Å². The van der Waals surface area contributed by atoms with E-state index in [-0.39, 0.29) is 54.9 Å². The largest absolute Gasteiger partial charge is 0.435 e. The van der Waals surface area contributed by atoms with E-state index in [1.54, 1.807) is 18.7 Å². The van der Waals surface area contributed by atoms with Gasteiger partial charge in [-0.2, -0.15) is 18.3 Å². The number of aryl methyl sites for hydroxylation is 1. The predicted octanol–water partition coefficient (Wildman–Crippen LogP) is 1.64. The summed E-state index contributed by atoms with van der Waals surface area (Å²) < 4.78 is 63.3. The van der Waals surface area contributed by atoms with E-state index in [1.165, 1.54) is 20.3 Å². The number of hydrogen-bond donors (Lipinski definition) is 1. The van der Waals surface area contributed by atoms with Gasteiger partial charge in [-0.05, 0) is 13.8 Å². The number of guanidine groups is 1. The van der Waals surface area contributed by atoms with Crippen LogP contribution in [-0.4, -0.2) is 59.7 Å². The molecule has 26 heavy (non-hydrogen) atoms. The second-order valence-electron chi connectivity index (χ2n) is 6.58. The summed E-state index contributed by atoms with van der Waals surface area (Å²) in [7, 11) is -0.284. The Hall–Kier alpha value is -1.05. The summed E-state index contributed by atoms with van der Waals surface area (Å²) in [4.78, 5) is 5.81. The summed E-state index contributed by atoms with van der Waals surface area (Å²) in [5.41, 5.74) is -0.945. The Morgan fingerprint density at radius 1 is 1.42 bits per heavy atom. The fourth-order valence-electron chi connectivity index (χ4n) is 2.74. The van der Waals surface area contributed by atoms with Crippen LogP contribution in [0.25, 0.3) is 0 Å². The highest BCUT2D eigenvalue weighted by molar-refractivity contribution is 14.0. The second-order valence-corrected chi connectivity index (χ2v) is 9.32. The Morgan fingerprint density at radius 2 is 2.04 bits per heavy atom. The molecule has 1 saturated heterocycles. The lowest BCUT2D eigenvalue weighted by atomic mass is 10.2. The molecule has 0 aromatic carbocycles. The smallest absolute Gasteiger partial charge is 0.352 e. The average Bonchev–Trinajstić information content (AvgIpc) is 2.84. The van der Waals surface area contributed by atoms with E-state index in [0.29, 0.717) is 5.96 Å². The van der Waals surface area contributed by atoms with Crippen molar-refractivity contribution in [2.24, 2.45) is 12.0 Å². The minimum absolute atomic E-state index is 0. The molecular weight excluding hydrogens is 486 g/mol. The van der Waals surface area contributed by atoms with Gasteiger partial charge in [0.2, 0.25) is 0 Å². The van der Waals surface area contributed by atoms with Crippen molar-refractivity contribution in [2.45, 2.75) is 31.3 Å². The highest BCUT2D eigenvalue weighted by atomic mass is 127.